The molecule has 1 aromatic heterocycles. The van der Waals surface area contributed by atoms with Crippen LogP contribution in [-0.4, -0.2) is 48.3 Å². The molecule has 3 rings (SSSR count). The maximum atomic E-state index is 5.80. The van der Waals surface area contributed by atoms with Gasteiger partial charge >= 0.3 is 0 Å². The molecule has 20 heavy (non-hydrogen) atoms. The maximum absolute atomic E-state index is 5.80. The van der Waals surface area contributed by atoms with Gasteiger partial charge in [0.25, 0.3) is 11.8 Å². The molecule has 2 N–H and O–H groups in total. The summed E-state index contributed by atoms with van der Waals surface area (Å²) >= 11 is 3.48. The summed E-state index contributed by atoms with van der Waals surface area (Å²) < 4.78 is 6.25. The summed E-state index contributed by atoms with van der Waals surface area (Å²) in [4.78, 5) is 8.89. The molecule has 0 unspecified atom stereocenters. The van der Waals surface area contributed by atoms with Crippen molar-refractivity contribution in [3.8, 4) is 11.5 Å². The van der Waals surface area contributed by atoms with Crippen molar-refractivity contribution in [2.45, 2.75) is 0 Å². The zero-order valence-electron chi connectivity index (χ0n) is 11.2. The molecule has 0 saturated carbocycles. The van der Waals surface area contributed by atoms with Crippen molar-refractivity contribution in [1.29, 1.82) is 0 Å². The summed E-state index contributed by atoms with van der Waals surface area (Å²) in [5, 5.41) is 4.07. The molecule has 106 valence electrons. The summed E-state index contributed by atoms with van der Waals surface area (Å²) in [7, 11) is 2.11. The summed E-state index contributed by atoms with van der Waals surface area (Å²) in [5.41, 5.74) is 7.29. The van der Waals surface area contributed by atoms with Gasteiger partial charge in [-0.15, -0.1) is 0 Å². The number of anilines is 2. The molecule has 1 saturated heterocycles. The zero-order valence-corrected chi connectivity index (χ0v) is 12.8. The second-order valence-corrected chi connectivity index (χ2v) is 5.78. The molecule has 1 aliphatic heterocycles. The smallest absolute Gasteiger partial charge is 0.266 e. The molecule has 2 aromatic rings. The Labute approximate surface area is 125 Å². The molecule has 0 radical (unpaired) electrons. The van der Waals surface area contributed by atoms with E-state index in [1.807, 2.05) is 18.2 Å². The lowest BCUT2D eigenvalue weighted by atomic mass is 10.2. The number of benzene rings is 1. The fraction of sp³-hybridized carbons (Fsp3) is 0.385. The Bertz CT molecular complexity index is 607. The highest BCUT2D eigenvalue weighted by atomic mass is 79.9. The van der Waals surface area contributed by atoms with Crippen LogP contribution in [0.4, 0.5) is 11.6 Å². The molecule has 0 spiro atoms. The van der Waals surface area contributed by atoms with E-state index in [0.29, 0.717) is 17.5 Å². The average Bonchev–Trinajstić information content (AvgIpc) is 2.92. The first-order valence-electron chi connectivity index (χ1n) is 6.46. The van der Waals surface area contributed by atoms with Gasteiger partial charge in [-0.25, -0.2) is 0 Å². The number of likely N-dealkylation sites (N-methyl/N-ethyl adjacent to an activating group) is 1. The van der Waals surface area contributed by atoms with Gasteiger partial charge in [0.1, 0.15) is 0 Å². The van der Waals surface area contributed by atoms with Crippen LogP contribution in [0.2, 0.25) is 0 Å². The molecular weight excluding hydrogens is 322 g/mol. The van der Waals surface area contributed by atoms with E-state index in [0.717, 1.165) is 36.2 Å². The highest BCUT2D eigenvalue weighted by Crippen LogP contribution is 2.30. The van der Waals surface area contributed by atoms with Gasteiger partial charge in [0.15, 0.2) is 0 Å². The third-order valence-electron chi connectivity index (χ3n) is 3.42. The predicted octanol–water partition coefficient (Wildman–Crippen LogP) is 1.83. The number of halogens is 1. The van der Waals surface area contributed by atoms with E-state index >= 15 is 0 Å². The Balaban J connectivity index is 1.85. The lowest BCUT2D eigenvalue weighted by Gasteiger charge is -2.31. The van der Waals surface area contributed by atoms with Crippen LogP contribution in [0.15, 0.2) is 27.2 Å². The van der Waals surface area contributed by atoms with E-state index in [2.05, 4.69) is 42.9 Å². The van der Waals surface area contributed by atoms with E-state index in [9.17, 15) is 0 Å². The third-order valence-corrected chi connectivity index (χ3v) is 4.11. The number of hydrogen-bond donors (Lipinski definition) is 1. The van der Waals surface area contributed by atoms with E-state index in [-0.39, 0.29) is 0 Å². The highest BCUT2D eigenvalue weighted by Gasteiger charge is 2.20. The topological polar surface area (TPSA) is 71.4 Å². The molecule has 6 nitrogen and oxygen atoms in total. The first kappa shape index (κ1) is 13.4. The number of hydrogen-bond acceptors (Lipinski definition) is 6. The first-order valence-corrected chi connectivity index (χ1v) is 7.25. The van der Waals surface area contributed by atoms with Crippen molar-refractivity contribution in [1.82, 2.24) is 15.0 Å². The van der Waals surface area contributed by atoms with Crippen LogP contribution >= 0.6 is 15.9 Å². The monoisotopic (exact) mass is 337 g/mol. The van der Waals surface area contributed by atoms with Crippen LogP contribution in [0.5, 0.6) is 0 Å². The van der Waals surface area contributed by atoms with Gasteiger partial charge in [-0.1, -0.05) is 0 Å². The highest BCUT2D eigenvalue weighted by molar-refractivity contribution is 9.10. The quantitative estimate of drug-likeness (QED) is 0.843. The predicted molar refractivity (Wildman–Crippen MR) is 81.6 cm³/mol. The number of piperazine rings is 1. The van der Waals surface area contributed by atoms with Crippen LogP contribution in [0.3, 0.4) is 0 Å². The largest absolute Gasteiger partial charge is 0.399 e. The van der Waals surface area contributed by atoms with Crippen molar-refractivity contribution >= 4 is 27.6 Å². The van der Waals surface area contributed by atoms with E-state index in [1.165, 1.54) is 0 Å². The molecule has 1 aromatic carbocycles. The summed E-state index contributed by atoms with van der Waals surface area (Å²) in [6, 6.07) is 5.53. The summed E-state index contributed by atoms with van der Waals surface area (Å²) in [6.45, 7) is 3.83. The van der Waals surface area contributed by atoms with Gasteiger partial charge in [-0.05, 0) is 46.3 Å². The minimum absolute atomic E-state index is 0.484. The zero-order chi connectivity index (χ0) is 14.1. The molecule has 0 aliphatic carbocycles. The lowest BCUT2D eigenvalue weighted by molar-refractivity contribution is 0.309. The Kier molecular flexibility index (Phi) is 3.62. The number of nitrogen functional groups attached to an aromatic ring is 1. The Morgan fingerprint density at radius 3 is 2.75 bits per heavy atom. The Morgan fingerprint density at radius 1 is 1.25 bits per heavy atom. The standard InChI is InChI=1S/C13H16BrN5O/c1-18-4-6-19(7-5-18)13-16-12(20-17-13)10-8-9(15)2-3-11(10)14/h2-3,8H,4-7,15H2,1H3. The van der Waals surface area contributed by atoms with Crippen molar-refractivity contribution < 1.29 is 4.52 Å². The molecule has 1 fully saturated rings. The Morgan fingerprint density at radius 2 is 2.00 bits per heavy atom. The van der Waals surface area contributed by atoms with Crippen molar-refractivity contribution in [2.24, 2.45) is 0 Å². The fourth-order valence-electron chi connectivity index (χ4n) is 2.17. The average molecular weight is 338 g/mol. The molecule has 1 aliphatic rings. The number of aromatic nitrogens is 2. The molecule has 7 heteroatoms. The van der Waals surface area contributed by atoms with Gasteiger partial charge < -0.3 is 20.1 Å². The second kappa shape index (κ2) is 5.41. The first-order chi connectivity index (χ1) is 9.63. The number of nitrogens with two attached hydrogens (primary N) is 1. The van der Waals surface area contributed by atoms with Gasteiger partial charge in [0.05, 0.1) is 5.56 Å². The van der Waals surface area contributed by atoms with E-state index < -0.39 is 0 Å². The summed E-state index contributed by atoms with van der Waals surface area (Å²) in [6.07, 6.45) is 0. The van der Waals surface area contributed by atoms with E-state index in [4.69, 9.17) is 10.3 Å². The van der Waals surface area contributed by atoms with Crippen molar-refractivity contribution in [2.75, 3.05) is 43.9 Å². The number of nitrogens with zero attached hydrogens (tertiary/aromatic N) is 4. The van der Waals surface area contributed by atoms with Crippen molar-refractivity contribution in [3.05, 3.63) is 22.7 Å². The minimum atomic E-state index is 0.484. The normalized spacial score (nSPS) is 16.6. The van der Waals surface area contributed by atoms with Crippen LogP contribution in [0.25, 0.3) is 11.5 Å². The van der Waals surface area contributed by atoms with Crippen LogP contribution in [-0.2, 0) is 0 Å². The lowest BCUT2D eigenvalue weighted by Crippen LogP contribution is -2.44. The Hall–Kier alpha value is -1.60. The van der Waals surface area contributed by atoms with Crippen LogP contribution < -0.4 is 10.6 Å². The van der Waals surface area contributed by atoms with Gasteiger partial charge in [0.2, 0.25) is 0 Å². The van der Waals surface area contributed by atoms with Gasteiger partial charge in [-0.3, -0.25) is 0 Å². The van der Waals surface area contributed by atoms with Crippen LogP contribution in [0, 0.1) is 0 Å². The SMILES string of the molecule is CN1CCN(c2noc(-c3cc(N)ccc3Br)n2)CC1. The molecule has 0 atom stereocenters. The molecule has 0 bridgehead atoms. The van der Waals surface area contributed by atoms with Gasteiger partial charge in [0, 0.05) is 36.3 Å². The van der Waals surface area contributed by atoms with Gasteiger partial charge in [-0.2, -0.15) is 4.98 Å². The number of rotatable bonds is 2. The molecule has 0 amide bonds. The van der Waals surface area contributed by atoms with Crippen LogP contribution in [0.1, 0.15) is 0 Å². The minimum Gasteiger partial charge on any atom is -0.399 e. The van der Waals surface area contributed by atoms with E-state index in [1.54, 1.807) is 0 Å². The fourth-order valence-corrected chi connectivity index (χ4v) is 2.58. The van der Waals surface area contributed by atoms with Crippen molar-refractivity contribution in [3.63, 3.8) is 0 Å². The second-order valence-electron chi connectivity index (χ2n) is 4.93. The molecular formula is C13H16BrN5O. The molecule has 2 heterocycles. The summed E-state index contributed by atoms with van der Waals surface area (Å²) in [5.74, 6) is 1.13. The third kappa shape index (κ3) is 2.64. The maximum Gasteiger partial charge on any atom is 0.266 e.